The van der Waals surface area contributed by atoms with E-state index in [1.165, 1.54) is 35.7 Å². The second-order valence-electron chi connectivity index (χ2n) is 7.32. The number of halogens is 2. The summed E-state index contributed by atoms with van der Waals surface area (Å²) in [7, 11) is -3.85. The van der Waals surface area contributed by atoms with Crippen molar-refractivity contribution in [3.63, 3.8) is 0 Å². The Labute approximate surface area is 164 Å². The van der Waals surface area contributed by atoms with Crippen LogP contribution in [0.1, 0.15) is 36.3 Å². The first kappa shape index (κ1) is 19.0. The predicted molar refractivity (Wildman–Crippen MR) is 100 cm³/mol. The molecule has 10 heteroatoms. The fourth-order valence-corrected chi connectivity index (χ4v) is 5.26. The quantitative estimate of drug-likeness (QED) is 0.694. The molecule has 0 amide bonds. The van der Waals surface area contributed by atoms with Gasteiger partial charge in [0.05, 0.1) is 0 Å². The third-order valence-electron chi connectivity index (χ3n) is 5.11. The molecule has 4 rings (SSSR count). The smallest absolute Gasteiger partial charge is 0.243 e. The number of nitrogens with zero attached hydrogens (tertiary/aromatic N) is 3. The summed E-state index contributed by atoms with van der Waals surface area (Å²) in [6.45, 7) is 4.13. The fraction of sp³-hybridized carbons (Fsp3) is 0.278. The van der Waals surface area contributed by atoms with E-state index < -0.39 is 21.7 Å². The fourth-order valence-electron chi connectivity index (χ4n) is 3.60. The SMILES string of the molecule is CC1(C)C(c2ccc(S(N)(=O)=O)nc2)C1c1nnc(-c2ccc(F)cc2F)s1. The molecule has 1 aliphatic carbocycles. The van der Waals surface area contributed by atoms with Crippen LogP contribution in [-0.4, -0.2) is 23.6 Å². The largest absolute Gasteiger partial charge is 0.255 e. The Morgan fingerprint density at radius 1 is 1.11 bits per heavy atom. The first-order valence-electron chi connectivity index (χ1n) is 8.36. The van der Waals surface area contributed by atoms with Crippen LogP contribution in [0.3, 0.4) is 0 Å². The van der Waals surface area contributed by atoms with Crippen molar-refractivity contribution in [2.24, 2.45) is 10.6 Å². The maximum atomic E-state index is 14.0. The molecule has 0 bridgehead atoms. The molecule has 2 atom stereocenters. The minimum absolute atomic E-state index is 0.0318. The van der Waals surface area contributed by atoms with Crippen molar-refractivity contribution in [2.45, 2.75) is 30.7 Å². The van der Waals surface area contributed by atoms with E-state index >= 15 is 0 Å². The summed E-state index contributed by atoms with van der Waals surface area (Å²) in [5.41, 5.74) is 0.926. The van der Waals surface area contributed by atoms with Crippen LogP contribution in [0.2, 0.25) is 0 Å². The van der Waals surface area contributed by atoms with Gasteiger partial charge in [0.1, 0.15) is 16.6 Å². The second kappa shape index (κ2) is 6.36. The van der Waals surface area contributed by atoms with Crippen molar-refractivity contribution in [1.82, 2.24) is 15.2 Å². The Balaban J connectivity index is 1.63. The van der Waals surface area contributed by atoms with E-state index in [9.17, 15) is 17.2 Å². The van der Waals surface area contributed by atoms with E-state index in [0.717, 1.165) is 16.6 Å². The molecular weight excluding hydrogens is 406 g/mol. The average molecular weight is 422 g/mol. The molecule has 0 radical (unpaired) electrons. The third-order valence-corrected chi connectivity index (χ3v) is 6.97. The molecule has 146 valence electrons. The Kier molecular flexibility index (Phi) is 4.32. The first-order chi connectivity index (χ1) is 13.1. The summed E-state index contributed by atoms with van der Waals surface area (Å²) in [5.74, 6) is -1.24. The molecule has 6 nitrogen and oxygen atoms in total. The lowest BCUT2D eigenvalue weighted by Gasteiger charge is -2.03. The van der Waals surface area contributed by atoms with Crippen molar-refractivity contribution < 1.29 is 17.2 Å². The van der Waals surface area contributed by atoms with Gasteiger partial charge in [0.15, 0.2) is 10.0 Å². The maximum Gasteiger partial charge on any atom is 0.255 e. The van der Waals surface area contributed by atoms with E-state index in [1.807, 2.05) is 0 Å². The van der Waals surface area contributed by atoms with Gasteiger partial charge in [-0.15, -0.1) is 10.2 Å². The Hall–Kier alpha value is -2.30. The summed E-state index contributed by atoms with van der Waals surface area (Å²) in [6, 6.07) is 6.43. The van der Waals surface area contributed by atoms with Crippen molar-refractivity contribution in [3.8, 4) is 10.6 Å². The maximum absolute atomic E-state index is 14.0. The number of hydrogen-bond acceptors (Lipinski definition) is 6. The van der Waals surface area contributed by atoms with Gasteiger partial charge in [-0.3, -0.25) is 0 Å². The minimum atomic E-state index is -3.85. The molecule has 2 unspecified atom stereocenters. The van der Waals surface area contributed by atoms with E-state index in [2.05, 4.69) is 29.0 Å². The van der Waals surface area contributed by atoms with Gasteiger partial charge in [0.25, 0.3) is 10.0 Å². The molecule has 28 heavy (non-hydrogen) atoms. The number of pyridine rings is 1. The van der Waals surface area contributed by atoms with Crippen LogP contribution >= 0.6 is 11.3 Å². The Bertz CT molecular complexity index is 1160. The van der Waals surface area contributed by atoms with Crippen molar-refractivity contribution in [2.75, 3.05) is 0 Å². The average Bonchev–Trinajstić information content (AvgIpc) is 2.95. The standard InChI is InChI=1S/C18H16F2N4O2S2/c1-18(2)14(9-3-6-13(22-8-9)28(21,25)26)15(18)17-24-23-16(27-17)11-5-4-10(19)7-12(11)20/h3-8,14-15H,1-2H3,(H2,21,25,26). The number of rotatable bonds is 4. The number of primary sulfonamides is 1. The van der Waals surface area contributed by atoms with Crippen molar-refractivity contribution >= 4 is 21.4 Å². The molecule has 2 N–H and O–H groups in total. The van der Waals surface area contributed by atoms with Gasteiger partial charge in [0, 0.05) is 29.7 Å². The van der Waals surface area contributed by atoms with E-state index in [-0.39, 0.29) is 27.8 Å². The summed E-state index contributed by atoms with van der Waals surface area (Å²) in [5, 5.41) is 14.3. The molecule has 1 fully saturated rings. The highest BCUT2D eigenvalue weighted by molar-refractivity contribution is 7.89. The number of hydrogen-bond donors (Lipinski definition) is 1. The highest BCUT2D eigenvalue weighted by atomic mass is 32.2. The minimum Gasteiger partial charge on any atom is -0.243 e. The van der Waals surface area contributed by atoms with Gasteiger partial charge in [-0.1, -0.05) is 31.3 Å². The first-order valence-corrected chi connectivity index (χ1v) is 10.7. The lowest BCUT2D eigenvalue weighted by atomic mass is 10.1. The van der Waals surface area contributed by atoms with E-state index in [1.54, 1.807) is 6.07 Å². The van der Waals surface area contributed by atoms with Crippen LogP contribution in [-0.2, 0) is 10.0 Å². The van der Waals surface area contributed by atoms with Gasteiger partial charge >= 0.3 is 0 Å². The molecule has 0 spiro atoms. The van der Waals surface area contributed by atoms with Gasteiger partial charge in [-0.05, 0) is 29.2 Å². The number of benzene rings is 1. The normalized spacial score (nSPS) is 20.9. The molecule has 1 aliphatic rings. The van der Waals surface area contributed by atoms with Crippen molar-refractivity contribution in [3.05, 3.63) is 58.7 Å². The van der Waals surface area contributed by atoms with Crippen LogP contribution in [0.5, 0.6) is 0 Å². The van der Waals surface area contributed by atoms with Crippen LogP contribution in [0, 0.1) is 17.0 Å². The van der Waals surface area contributed by atoms with Crippen molar-refractivity contribution in [1.29, 1.82) is 0 Å². The predicted octanol–water partition coefficient (Wildman–Crippen LogP) is 3.43. The molecule has 2 heterocycles. The summed E-state index contributed by atoms with van der Waals surface area (Å²) >= 11 is 1.26. The second-order valence-corrected chi connectivity index (χ2v) is 9.84. The van der Waals surface area contributed by atoms with Crippen LogP contribution in [0.4, 0.5) is 8.78 Å². The summed E-state index contributed by atoms with van der Waals surface area (Å²) < 4.78 is 49.9. The molecule has 2 aromatic heterocycles. The van der Waals surface area contributed by atoms with Gasteiger partial charge in [-0.2, -0.15) is 0 Å². The molecule has 0 saturated heterocycles. The van der Waals surface area contributed by atoms with Crippen LogP contribution < -0.4 is 5.14 Å². The number of nitrogens with two attached hydrogens (primary N) is 1. The topological polar surface area (TPSA) is 98.8 Å². The summed E-state index contributed by atoms with van der Waals surface area (Å²) in [4.78, 5) is 3.95. The number of aromatic nitrogens is 3. The lowest BCUT2D eigenvalue weighted by Crippen LogP contribution is -2.13. The Morgan fingerprint density at radius 2 is 1.86 bits per heavy atom. The highest BCUT2D eigenvalue weighted by Crippen LogP contribution is 2.70. The molecule has 3 aromatic rings. The van der Waals surface area contributed by atoms with Gasteiger partial charge in [-0.25, -0.2) is 27.3 Å². The molecular formula is C18H16F2N4O2S2. The zero-order valence-electron chi connectivity index (χ0n) is 14.9. The zero-order valence-corrected chi connectivity index (χ0v) is 16.6. The molecule has 1 aromatic carbocycles. The lowest BCUT2D eigenvalue weighted by molar-refractivity contribution is 0.585. The summed E-state index contributed by atoms with van der Waals surface area (Å²) in [6.07, 6.45) is 1.51. The van der Waals surface area contributed by atoms with E-state index in [4.69, 9.17) is 5.14 Å². The van der Waals surface area contributed by atoms with E-state index in [0.29, 0.717) is 5.01 Å². The third kappa shape index (κ3) is 3.21. The van der Waals surface area contributed by atoms with Gasteiger partial charge in [0.2, 0.25) is 0 Å². The van der Waals surface area contributed by atoms with Gasteiger partial charge < -0.3 is 0 Å². The molecule has 1 saturated carbocycles. The number of sulfonamides is 1. The monoisotopic (exact) mass is 422 g/mol. The van der Waals surface area contributed by atoms with Crippen LogP contribution in [0.15, 0.2) is 41.6 Å². The van der Waals surface area contributed by atoms with Crippen LogP contribution in [0.25, 0.3) is 10.6 Å². The molecule has 0 aliphatic heterocycles. The zero-order chi connectivity index (χ0) is 20.3. The highest BCUT2D eigenvalue weighted by Gasteiger charge is 2.60. The Morgan fingerprint density at radius 3 is 2.46 bits per heavy atom.